The molecule has 1 aromatic carbocycles. The van der Waals surface area contributed by atoms with Crippen LogP contribution in [0.1, 0.15) is 31.0 Å². The molecule has 0 unspecified atom stereocenters. The number of nitrogens with one attached hydrogen (secondary N) is 1. The molecule has 0 amide bonds. The first-order valence-corrected chi connectivity index (χ1v) is 8.56. The Labute approximate surface area is 142 Å². The summed E-state index contributed by atoms with van der Waals surface area (Å²) in [7, 11) is 0. The largest absolute Gasteiger partial charge is 0.393 e. The maximum Gasteiger partial charge on any atom is 0.146 e. The molecule has 2 aromatic rings. The number of aromatic nitrogens is 1. The second-order valence-corrected chi connectivity index (χ2v) is 6.25. The van der Waals surface area contributed by atoms with Gasteiger partial charge in [-0.05, 0) is 49.1 Å². The number of aliphatic hydroxyl groups excluding tert-OH is 1. The molecule has 0 saturated carbocycles. The highest BCUT2D eigenvalue weighted by Crippen LogP contribution is 2.24. The van der Waals surface area contributed by atoms with Crippen LogP contribution in [0.25, 0.3) is 0 Å². The van der Waals surface area contributed by atoms with Crippen LogP contribution in [0.15, 0.2) is 36.5 Å². The highest BCUT2D eigenvalue weighted by Gasteiger charge is 2.19. The monoisotopic (exact) mass is 329 g/mol. The number of benzene rings is 1. The number of hydrogen-bond acceptors (Lipinski definition) is 4. The topological polar surface area (TPSA) is 48.4 Å². The Bertz CT molecular complexity index is 684. The van der Waals surface area contributed by atoms with Crippen molar-refractivity contribution in [3.63, 3.8) is 0 Å². The van der Waals surface area contributed by atoms with Crippen molar-refractivity contribution in [1.82, 2.24) is 4.98 Å². The third-order valence-electron chi connectivity index (χ3n) is 4.49. The van der Waals surface area contributed by atoms with E-state index >= 15 is 0 Å². The summed E-state index contributed by atoms with van der Waals surface area (Å²) >= 11 is 0. The highest BCUT2D eigenvalue weighted by molar-refractivity contribution is 5.50. The van der Waals surface area contributed by atoms with Gasteiger partial charge in [-0.1, -0.05) is 13.0 Å². The maximum absolute atomic E-state index is 14.4. The molecule has 0 aliphatic carbocycles. The smallest absolute Gasteiger partial charge is 0.146 e. The van der Waals surface area contributed by atoms with E-state index in [1.54, 1.807) is 12.3 Å². The lowest BCUT2D eigenvalue weighted by Gasteiger charge is -2.31. The van der Waals surface area contributed by atoms with E-state index in [4.69, 9.17) is 0 Å². The van der Waals surface area contributed by atoms with Crippen LogP contribution in [0, 0.1) is 5.82 Å². The van der Waals surface area contributed by atoms with E-state index in [1.807, 2.05) is 29.2 Å². The number of anilines is 2. The molecular weight excluding hydrogens is 305 g/mol. The van der Waals surface area contributed by atoms with Gasteiger partial charge in [0, 0.05) is 37.2 Å². The van der Waals surface area contributed by atoms with Crippen LogP contribution < -0.4 is 10.2 Å². The molecule has 1 aliphatic heterocycles. The van der Waals surface area contributed by atoms with Crippen molar-refractivity contribution in [1.29, 1.82) is 0 Å². The third-order valence-corrected chi connectivity index (χ3v) is 4.49. The Hall–Kier alpha value is -2.14. The van der Waals surface area contributed by atoms with Crippen molar-refractivity contribution < 1.29 is 9.50 Å². The molecule has 2 heterocycles. The van der Waals surface area contributed by atoms with E-state index < -0.39 is 0 Å². The van der Waals surface area contributed by atoms with Crippen molar-refractivity contribution in [2.24, 2.45) is 0 Å². The van der Waals surface area contributed by atoms with Crippen LogP contribution in [0.2, 0.25) is 0 Å². The van der Waals surface area contributed by atoms with Crippen LogP contribution >= 0.6 is 0 Å². The fourth-order valence-electron chi connectivity index (χ4n) is 3.01. The van der Waals surface area contributed by atoms with Gasteiger partial charge in [0.05, 0.1) is 11.8 Å². The molecule has 5 heteroatoms. The number of halogens is 1. The molecule has 1 fully saturated rings. The predicted molar refractivity (Wildman–Crippen MR) is 94.8 cm³/mol. The van der Waals surface area contributed by atoms with Crippen molar-refractivity contribution in [2.45, 2.75) is 38.8 Å². The molecule has 2 N–H and O–H groups in total. The van der Waals surface area contributed by atoms with Crippen LogP contribution in [0.3, 0.4) is 0 Å². The standard InChI is InChI=1S/C19H24FN3O/c1-2-15-12-16(5-8-21-15)22-13-14-3-4-19(18(20)11-14)23-9-6-17(24)7-10-23/h3-5,8,11-12,17,24H,2,6-7,9-10,13H2,1H3,(H,21,22). The minimum Gasteiger partial charge on any atom is -0.393 e. The molecule has 128 valence electrons. The zero-order chi connectivity index (χ0) is 16.9. The summed E-state index contributed by atoms with van der Waals surface area (Å²) < 4.78 is 14.4. The van der Waals surface area contributed by atoms with Gasteiger partial charge >= 0.3 is 0 Å². The fraction of sp³-hybridized carbons (Fsp3) is 0.421. The summed E-state index contributed by atoms with van der Waals surface area (Å²) in [6.07, 6.45) is 3.83. The van der Waals surface area contributed by atoms with E-state index in [0.29, 0.717) is 38.2 Å². The predicted octanol–water partition coefficient (Wildman–Crippen LogP) is 3.36. The van der Waals surface area contributed by atoms with Gasteiger partial charge in [0.25, 0.3) is 0 Å². The zero-order valence-electron chi connectivity index (χ0n) is 14.0. The van der Waals surface area contributed by atoms with E-state index in [-0.39, 0.29) is 11.9 Å². The van der Waals surface area contributed by atoms with Crippen molar-refractivity contribution in [3.05, 3.63) is 53.6 Å². The number of aryl methyl sites for hydroxylation is 1. The van der Waals surface area contributed by atoms with Gasteiger partial charge in [-0.3, -0.25) is 4.98 Å². The van der Waals surface area contributed by atoms with E-state index in [2.05, 4.69) is 17.2 Å². The highest BCUT2D eigenvalue weighted by atomic mass is 19.1. The average Bonchev–Trinajstić information content (AvgIpc) is 2.61. The van der Waals surface area contributed by atoms with Gasteiger partial charge in [-0.25, -0.2) is 4.39 Å². The third kappa shape index (κ3) is 4.03. The Morgan fingerprint density at radius 2 is 2.04 bits per heavy atom. The number of piperidine rings is 1. The van der Waals surface area contributed by atoms with E-state index in [1.165, 1.54) is 0 Å². The van der Waals surface area contributed by atoms with Gasteiger partial charge < -0.3 is 15.3 Å². The minimum atomic E-state index is -0.249. The lowest BCUT2D eigenvalue weighted by Crippen LogP contribution is -2.36. The van der Waals surface area contributed by atoms with Gasteiger partial charge in [0.15, 0.2) is 0 Å². The van der Waals surface area contributed by atoms with Crippen LogP contribution in [0.4, 0.5) is 15.8 Å². The molecule has 0 atom stereocenters. The summed E-state index contributed by atoms with van der Waals surface area (Å²) in [5, 5.41) is 12.9. The molecule has 0 radical (unpaired) electrons. The average molecular weight is 329 g/mol. The maximum atomic E-state index is 14.4. The number of rotatable bonds is 5. The second-order valence-electron chi connectivity index (χ2n) is 6.25. The molecular formula is C19H24FN3O. The summed E-state index contributed by atoms with van der Waals surface area (Å²) in [6, 6.07) is 9.33. The van der Waals surface area contributed by atoms with Crippen molar-refractivity contribution in [2.75, 3.05) is 23.3 Å². The summed E-state index contributed by atoms with van der Waals surface area (Å²) in [4.78, 5) is 6.28. The Kier molecular flexibility index (Phi) is 5.30. The summed E-state index contributed by atoms with van der Waals surface area (Å²) in [5.41, 5.74) is 3.57. The number of pyridine rings is 1. The van der Waals surface area contributed by atoms with Crippen LogP contribution in [0.5, 0.6) is 0 Å². The normalized spacial score (nSPS) is 15.5. The number of aliphatic hydroxyl groups is 1. The summed E-state index contributed by atoms with van der Waals surface area (Å²) in [6.45, 7) is 4.04. The molecule has 4 nitrogen and oxygen atoms in total. The zero-order valence-corrected chi connectivity index (χ0v) is 14.0. The van der Waals surface area contributed by atoms with Crippen LogP contribution in [-0.4, -0.2) is 29.3 Å². The van der Waals surface area contributed by atoms with Gasteiger partial charge in [-0.2, -0.15) is 0 Å². The second kappa shape index (κ2) is 7.62. The molecule has 1 aliphatic rings. The van der Waals surface area contributed by atoms with Gasteiger partial charge in [-0.15, -0.1) is 0 Å². The summed E-state index contributed by atoms with van der Waals surface area (Å²) in [5.74, 6) is -0.199. The molecule has 1 aromatic heterocycles. The van der Waals surface area contributed by atoms with E-state index in [0.717, 1.165) is 23.4 Å². The van der Waals surface area contributed by atoms with Crippen molar-refractivity contribution >= 4 is 11.4 Å². The lowest BCUT2D eigenvalue weighted by atomic mass is 10.1. The number of hydrogen-bond donors (Lipinski definition) is 2. The van der Waals surface area contributed by atoms with Gasteiger partial charge in [0.1, 0.15) is 5.82 Å². The first-order chi connectivity index (χ1) is 11.7. The molecule has 1 saturated heterocycles. The molecule has 24 heavy (non-hydrogen) atoms. The Balaban J connectivity index is 1.64. The molecule has 0 bridgehead atoms. The van der Waals surface area contributed by atoms with Crippen molar-refractivity contribution in [3.8, 4) is 0 Å². The Morgan fingerprint density at radius 1 is 1.25 bits per heavy atom. The first kappa shape index (κ1) is 16.7. The SMILES string of the molecule is CCc1cc(NCc2ccc(N3CCC(O)CC3)c(F)c2)ccn1. The quantitative estimate of drug-likeness (QED) is 0.883. The first-order valence-electron chi connectivity index (χ1n) is 8.56. The van der Waals surface area contributed by atoms with Crippen LogP contribution in [-0.2, 0) is 13.0 Å². The molecule has 0 spiro atoms. The lowest BCUT2D eigenvalue weighted by molar-refractivity contribution is 0.145. The minimum absolute atomic E-state index is 0.199. The number of nitrogens with zero attached hydrogens (tertiary/aromatic N) is 2. The van der Waals surface area contributed by atoms with Gasteiger partial charge in [0.2, 0.25) is 0 Å². The fourth-order valence-corrected chi connectivity index (χ4v) is 3.01. The molecule has 3 rings (SSSR count). The Morgan fingerprint density at radius 3 is 2.75 bits per heavy atom. The van der Waals surface area contributed by atoms with E-state index in [9.17, 15) is 9.50 Å².